The molecule has 0 aliphatic heterocycles. The van der Waals surface area contributed by atoms with Crippen LogP contribution in [0.5, 0.6) is 0 Å². The van der Waals surface area contributed by atoms with Crippen LogP contribution in [-0.2, 0) is 30.5 Å². The van der Waals surface area contributed by atoms with Crippen LogP contribution in [0.25, 0.3) is 0 Å². The van der Waals surface area contributed by atoms with E-state index in [1.165, 1.54) is 23.9 Å². The Labute approximate surface area is 266 Å². The van der Waals surface area contributed by atoms with Crippen LogP contribution in [0.4, 0.5) is 0 Å². The Balaban J connectivity index is 2.17. The molecule has 3 unspecified atom stereocenters. The summed E-state index contributed by atoms with van der Waals surface area (Å²) in [6.45, 7) is 12.5. The van der Waals surface area contributed by atoms with Crippen molar-refractivity contribution in [1.29, 1.82) is 0 Å². The number of halogens is 1. The quantitative estimate of drug-likeness (QED) is 0.197. The molecule has 1 aromatic heterocycles. The highest BCUT2D eigenvalue weighted by Crippen LogP contribution is 2.22. The molecular formula is C31H42IN5O6. The van der Waals surface area contributed by atoms with Crippen molar-refractivity contribution in [3.63, 3.8) is 0 Å². The lowest BCUT2D eigenvalue weighted by molar-refractivity contribution is -0.140. The third kappa shape index (κ3) is 11.9. The Bertz CT molecular complexity index is 1310. The fraction of sp³-hybridized carbons (Fsp3) is 0.484. The lowest BCUT2D eigenvalue weighted by atomic mass is 9.85. The van der Waals surface area contributed by atoms with E-state index in [1.807, 2.05) is 45.0 Å². The number of amides is 4. The average molecular weight is 708 g/mol. The summed E-state index contributed by atoms with van der Waals surface area (Å²) in [5.41, 5.74) is -0.252. The predicted octanol–water partition coefficient (Wildman–Crippen LogP) is 2.97. The van der Waals surface area contributed by atoms with Crippen molar-refractivity contribution >= 4 is 57.9 Å². The summed E-state index contributed by atoms with van der Waals surface area (Å²) in [6, 6.07) is 7.01. The Kier molecular flexibility index (Phi) is 12.6. The second kappa shape index (κ2) is 15.3. The molecular weight excluding hydrogens is 665 g/mol. The normalized spacial score (nSPS) is 13.7. The van der Waals surface area contributed by atoms with E-state index >= 15 is 0 Å². The maximum Gasteiger partial charge on any atom is 0.289 e. The van der Waals surface area contributed by atoms with Gasteiger partial charge in [-0.25, -0.2) is 0 Å². The van der Waals surface area contributed by atoms with Gasteiger partial charge in [-0.2, -0.15) is 0 Å². The van der Waals surface area contributed by atoms with E-state index in [4.69, 9.17) is 0 Å². The first-order valence-corrected chi connectivity index (χ1v) is 15.1. The molecule has 3 atom stereocenters. The largest absolute Gasteiger partial charge is 0.345 e. The first kappa shape index (κ1) is 35.6. The predicted molar refractivity (Wildman–Crippen MR) is 171 cm³/mol. The van der Waals surface area contributed by atoms with Crippen LogP contribution in [0.15, 0.2) is 48.8 Å². The first-order valence-electron chi connectivity index (χ1n) is 14.0. The van der Waals surface area contributed by atoms with E-state index in [2.05, 4.69) is 43.9 Å². The highest BCUT2D eigenvalue weighted by Gasteiger charge is 2.37. The standard InChI is InChI=1S/C31H42IN5O6/c1-19(25(40)28(42)33-18-20-10-12-21(32)13-11-20)34-27(41)22(16-24(39)37-14-8-9-15-37)35-29(43)26(31(5,6)7)36-23(38)17-30(2,3)4/h8-15,19,22,26H,16-18H2,1-7H3,(H,33,42)(H,34,41)(H,35,43)(H,36,38). The van der Waals surface area contributed by atoms with Gasteiger partial charge in [0.15, 0.2) is 0 Å². The van der Waals surface area contributed by atoms with Gasteiger partial charge in [0.25, 0.3) is 5.91 Å². The molecule has 0 saturated heterocycles. The zero-order valence-corrected chi connectivity index (χ0v) is 27.9. The number of Topliss-reactive ketones (excluding diaryl/α,β-unsaturated/α-hetero) is 1. The number of carbonyl (C=O) groups is 6. The summed E-state index contributed by atoms with van der Waals surface area (Å²) >= 11 is 2.16. The minimum atomic E-state index is -1.39. The number of hydrogen-bond donors (Lipinski definition) is 4. The van der Waals surface area contributed by atoms with Gasteiger partial charge in [0, 0.05) is 28.9 Å². The molecule has 4 N–H and O–H groups in total. The summed E-state index contributed by atoms with van der Waals surface area (Å²) in [5, 5.41) is 10.4. The minimum Gasteiger partial charge on any atom is -0.345 e. The van der Waals surface area contributed by atoms with Crippen LogP contribution in [-0.4, -0.2) is 58.0 Å². The van der Waals surface area contributed by atoms with Crippen molar-refractivity contribution < 1.29 is 28.8 Å². The Morgan fingerprint density at radius 3 is 1.95 bits per heavy atom. The number of carbonyl (C=O) groups excluding carboxylic acids is 6. The molecule has 1 aromatic carbocycles. The number of hydrogen-bond acceptors (Lipinski definition) is 6. The molecule has 0 fully saturated rings. The number of rotatable bonds is 12. The van der Waals surface area contributed by atoms with Crippen LogP contribution < -0.4 is 21.3 Å². The summed E-state index contributed by atoms with van der Waals surface area (Å²) in [6.07, 6.45) is 2.76. The van der Waals surface area contributed by atoms with Gasteiger partial charge < -0.3 is 21.3 Å². The third-order valence-corrected chi connectivity index (χ3v) is 7.09. The smallest absolute Gasteiger partial charge is 0.289 e. The van der Waals surface area contributed by atoms with E-state index in [0.29, 0.717) is 0 Å². The van der Waals surface area contributed by atoms with Crippen molar-refractivity contribution in [3.8, 4) is 0 Å². The van der Waals surface area contributed by atoms with Gasteiger partial charge in [-0.3, -0.25) is 33.3 Å². The number of benzene rings is 1. The van der Waals surface area contributed by atoms with E-state index in [0.717, 1.165) is 9.13 Å². The number of nitrogens with one attached hydrogen (secondary N) is 4. The molecule has 12 heteroatoms. The van der Waals surface area contributed by atoms with Crippen LogP contribution >= 0.6 is 22.6 Å². The first-order chi connectivity index (χ1) is 19.9. The fourth-order valence-corrected chi connectivity index (χ4v) is 4.42. The summed E-state index contributed by atoms with van der Waals surface area (Å²) in [4.78, 5) is 77.7. The Morgan fingerprint density at radius 2 is 1.42 bits per heavy atom. The summed E-state index contributed by atoms with van der Waals surface area (Å²) < 4.78 is 2.30. The van der Waals surface area contributed by atoms with Gasteiger partial charge in [0.05, 0.1) is 12.5 Å². The molecule has 1 heterocycles. The van der Waals surface area contributed by atoms with Gasteiger partial charge >= 0.3 is 0 Å². The van der Waals surface area contributed by atoms with Crippen molar-refractivity contribution in [3.05, 3.63) is 57.9 Å². The average Bonchev–Trinajstić information content (AvgIpc) is 3.44. The molecule has 2 aromatic rings. The molecule has 0 saturated carbocycles. The zero-order valence-electron chi connectivity index (χ0n) is 25.7. The van der Waals surface area contributed by atoms with Crippen molar-refractivity contribution in [2.75, 3.05) is 0 Å². The molecule has 0 radical (unpaired) electrons. The molecule has 0 aliphatic carbocycles. The van der Waals surface area contributed by atoms with Crippen LogP contribution in [0.1, 0.15) is 71.7 Å². The molecule has 234 valence electrons. The monoisotopic (exact) mass is 707 g/mol. The second-order valence-electron chi connectivity index (χ2n) is 12.8. The van der Waals surface area contributed by atoms with Gasteiger partial charge in [-0.15, -0.1) is 0 Å². The molecule has 0 bridgehead atoms. The Hall–Kier alpha value is -3.55. The summed E-state index contributed by atoms with van der Waals surface area (Å²) in [5.74, 6) is -4.07. The van der Waals surface area contributed by atoms with Crippen molar-refractivity contribution in [2.24, 2.45) is 10.8 Å². The molecule has 11 nitrogen and oxygen atoms in total. The topological polar surface area (TPSA) is 155 Å². The number of ketones is 1. The van der Waals surface area contributed by atoms with Crippen molar-refractivity contribution in [2.45, 2.75) is 86.0 Å². The second-order valence-corrected chi connectivity index (χ2v) is 14.0. The lowest BCUT2D eigenvalue weighted by Gasteiger charge is -2.32. The van der Waals surface area contributed by atoms with Gasteiger partial charge in [0.1, 0.15) is 12.1 Å². The van der Waals surface area contributed by atoms with E-state index in [9.17, 15) is 28.8 Å². The van der Waals surface area contributed by atoms with E-state index in [-0.39, 0.29) is 24.3 Å². The maximum atomic E-state index is 13.5. The van der Waals surface area contributed by atoms with Gasteiger partial charge in [-0.05, 0) is 70.2 Å². The minimum absolute atomic E-state index is 0.126. The fourth-order valence-electron chi connectivity index (χ4n) is 4.06. The SMILES string of the molecule is CC(NC(=O)C(CC(=O)n1cccc1)NC(=O)C(NC(=O)CC(C)(C)C)C(C)(C)C)C(=O)C(=O)NCc1ccc(I)cc1. The Morgan fingerprint density at radius 1 is 0.837 bits per heavy atom. The van der Waals surface area contributed by atoms with Crippen molar-refractivity contribution in [1.82, 2.24) is 25.8 Å². The molecule has 0 aliphatic rings. The number of nitrogens with zero attached hydrogens (tertiary/aromatic N) is 1. The van der Waals surface area contributed by atoms with Crippen LogP contribution in [0.3, 0.4) is 0 Å². The number of aromatic nitrogens is 1. The molecule has 2 rings (SSSR count). The zero-order chi connectivity index (χ0) is 32.5. The van der Waals surface area contributed by atoms with E-state index in [1.54, 1.807) is 32.9 Å². The maximum absolute atomic E-state index is 13.5. The molecule has 0 spiro atoms. The molecule has 43 heavy (non-hydrogen) atoms. The third-order valence-electron chi connectivity index (χ3n) is 6.37. The summed E-state index contributed by atoms with van der Waals surface area (Å²) in [7, 11) is 0. The molecule has 4 amide bonds. The van der Waals surface area contributed by atoms with Gasteiger partial charge in [0.2, 0.25) is 29.4 Å². The van der Waals surface area contributed by atoms with E-state index < -0.39 is 59.4 Å². The van der Waals surface area contributed by atoms with Crippen LogP contribution in [0.2, 0.25) is 0 Å². The highest BCUT2D eigenvalue weighted by molar-refractivity contribution is 14.1. The lowest BCUT2D eigenvalue weighted by Crippen LogP contribution is -2.59. The van der Waals surface area contributed by atoms with Crippen LogP contribution in [0, 0.1) is 14.4 Å². The van der Waals surface area contributed by atoms with Gasteiger partial charge in [-0.1, -0.05) is 53.7 Å². The highest BCUT2D eigenvalue weighted by atomic mass is 127.